The van der Waals surface area contributed by atoms with E-state index >= 15 is 0 Å². The summed E-state index contributed by atoms with van der Waals surface area (Å²) in [7, 11) is -3.81. The Bertz CT molecular complexity index is 1510. The lowest BCUT2D eigenvalue weighted by atomic mass is 10.0. The molecule has 2 aromatic heterocycles. The van der Waals surface area contributed by atoms with Crippen LogP contribution < -0.4 is 5.56 Å². The first kappa shape index (κ1) is 36.2. The number of hydrogen-bond donors (Lipinski definition) is 1. The number of nitrogens with one attached hydrogen (secondary N) is 1. The maximum Gasteiger partial charge on any atom is 0.335 e. The molecule has 15 heteroatoms. The number of halogens is 1. The van der Waals surface area contributed by atoms with Crippen molar-refractivity contribution in [3.05, 3.63) is 15.1 Å². The first-order valence-electron chi connectivity index (χ1n) is 15.9. The van der Waals surface area contributed by atoms with Gasteiger partial charge in [-0.2, -0.15) is 4.98 Å². The van der Waals surface area contributed by atoms with Gasteiger partial charge in [-0.05, 0) is 38.1 Å². The molecule has 45 heavy (non-hydrogen) atoms. The molecule has 0 saturated carbocycles. The van der Waals surface area contributed by atoms with E-state index in [-0.39, 0.29) is 39.2 Å². The minimum Gasteiger partial charge on any atom is -0.414 e. The van der Waals surface area contributed by atoms with Crippen LogP contribution in [-0.4, -0.2) is 88.9 Å². The van der Waals surface area contributed by atoms with Crippen molar-refractivity contribution >= 4 is 64.6 Å². The number of aromatic nitrogens is 4. The Hall–Kier alpha value is -1.65. The van der Waals surface area contributed by atoms with Gasteiger partial charge in [0.05, 0.1) is 25.0 Å². The Labute approximate surface area is 279 Å². The second-order valence-electron chi connectivity index (χ2n) is 14.7. The maximum atomic E-state index is 13.1. The molecular formula is C30H51BrN6O5Si3. The fraction of sp³-hybridized carbons (Fsp3) is 0.733. The van der Waals surface area contributed by atoms with Crippen LogP contribution in [0.15, 0.2) is 14.5 Å². The van der Waals surface area contributed by atoms with E-state index in [0.29, 0.717) is 17.0 Å². The van der Waals surface area contributed by atoms with Crippen LogP contribution in [0.5, 0.6) is 0 Å². The summed E-state index contributed by atoms with van der Waals surface area (Å²) in [6.45, 7) is 24.7. The van der Waals surface area contributed by atoms with E-state index in [9.17, 15) is 4.79 Å². The standard InChI is InChI=1S/C30H51BrN6O5Si3/c1-18(2)44(19(3)4)39-16-23-25(41-45(42-44,20(5)6)21(7)8)22(14-15-43(11,12)13)28(40-23)37-26-24(33-29(37)31)27(38)35-30(34-26)32-17-36(9)10/h17-23,25,28H,16H2,1-13H3,(H,34,35,38)/b32-17+/t22-,23+,25-,28+/m0/s1. The predicted molar refractivity (Wildman–Crippen MR) is 190 cm³/mol. The summed E-state index contributed by atoms with van der Waals surface area (Å²) in [6.07, 6.45) is 0.109. The highest BCUT2D eigenvalue weighted by Gasteiger charge is 2.62. The average Bonchev–Trinajstić information content (AvgIpc) is 3.40. The number of ether oxygens (including phenoxy) is 1. The highest BCUT2D eigenvalue weighted by atomic mass is 79.9. The molecule has 0 spiro atoms. The van der Waals surface area contributed by atoms with Crippen LogP contribution in [0.2, 0.25) is 41.8 Å². The van der Waals surface area contributed by atoms with E-state index in [2.05, 4.69) is 117 Å². The summed E-state index contributed by atoms with van der Waals surface area (Å²) in [4.78, 5) is 31.3. The second kappa shape index (κ2) is 13.5. The summed E-state index contributed by atoms with van der Waals surface area (Å²) in [5.41, 5.74) is 4.50. The van der Waals surface area contributed by atoms with Gasteiger partial charge >= 0.3 is 17.1 Å². The molecule has 250 valence electrons. The van der Waals surface area contributed by atoms with E-state index < -0.39 is 49.5 Å². The highest BCUT2D eigenvalue weighted by molar-refractivity contribution is 9.10. The monoisotopic (exact) mass is 738 g/mol. The van der Waals surface area contributed by atoms with Crippen LogP contribution in [0.25, 0.3) is 11.2 Å². The molecule has 0 aliphatic carbocycles. The van der Waals surface area contributed by atoms with Gasteiger partial charge in [-0.25, -0.2) is 9.98 Å². The molecule has 0 aromatic carbocycles. The van der Waals surface area contributed by atoms with Crippen LogP contribution in [0.3, 0.4) is 0 Å². The molecule has 2 aliphatic heterocycles. The number of nitrogens with zero attached hydrogens (tertiary/aromatic N) is 5. The van der Waals surface area contributed by atoms with Crippen molar-refractivity contribution in [1.29, 1.82) is 0 Å². The zero-order chi connectivity index (χ0) is 33.6. The van der Waals surface area contributed by atoms with Crippen LogP contribution in [0.1, 0.15) is 61.6 Å². The molecule has 2 fully saturated rings. The summed E-state index contributed by atoms with van der Waals surface area (Å²) < 4.78 is 31.1. The van der Waals surface area contributed by atoms with Gasteiger partial charge in [0.1, 0.15) is 14.2 Å². The van der Waals surface area contributed by atoms with Crippen LogP contribution in [0, 0.1) is 17.4 Å². The summed E-state index contributed by atoms with van der Waals surface area (Å²) in [6, 6.07) is 0. The van der Waals surface area contributed by atoms with Gasteiger partial charge < -0.3 is 22.6 Å². The molecular weight excluding hydrogens is 689 g/mol. The number of aliphatic imine (C=N–C) groups is 1. The van der Waals surface area contributed by atoms with Crippen LogP contribution in [0.4, 0.5) is 5.95 Å². The molecule has 4 atom stereocenters. The van der Waals surface area contributed by atoms with Gasteiger partial charge in [0, 0.05) is 14.1 Å². The van der Waals surface area contributed by atoms with Crippen molar-refractivity contribution < 1.29 is 17.7 Å². The van der Waals surface area contributed by atoms with Crippen molar-refractivity contribution in [2.45, 2.75) is 116 Å². The Kier molecular flexibility index (Phi) is 10.8. The summed E-state index contributed by atoms with van der Waals surface area (Å²) in [5.74, 6) is 3.39. The van der Waals surface area contributed by atoms with Gasteiger partial charge in [-0.1, -0.05) is 81.0 Å². The van der Waals surface area contributed by atoms with Crippen molar-refractivity contribution in [2.24, 2.45) is 10.9 Å². The van der Waals surface area contributed by atoms with Crippen molar-refractivity contribution in [3.63, 3.8) is 0 Å². The van der Waals surface area contributed by atoms with E-state index in [1.165, 1.54) is 0 Å². The minimum atomic E-state index is -2.94. The van der Waals surface area contributed by atoms with Crippen LogP contribution >= 0.6 is 15.9 Å². The smallest absolute Gasteiger partial charge is 0.335 e. The number of rotatable bonds is 7. The second-order valence-corrected chi connectivity index (χ2v) is 29.0. The topological polar surface area (TPSA) is 116 Å². The average molecular weight is 740 g/mol. The Balaban J connectivity index is 1.95. The Morgan fingerprint density at radius 2 is 1.64 bits per heavy atom. The zero-order valence-electron chi connectivity index (χ0n) is 29.1. The molecule has 11 nitrogen and oxygen atoms in total. The third-order valence-electron chi connectivity index (χ3n) is 8.45. The first-order chi connectivity index (χ1) is 20.8. The Morgan fingerprint density at radius 3 is 2.18 bits per heavy atom. The molecule has 0 radical (unpaired) electrons. The number of fused-ring (bicyclic) bond motifs is 2. The lowest BCUT2D eigenvalue weighted by molar-refractivity contribution is -0.0553. The zero-order valence-corrected chi connectivity index (χ0v) is 33.6. The number of H-pyrrole nitrogens is 1. The third-order valence-corrected chi connectivity index (χ3v) is 20.1. The molecule has 1 N–H and O–H groups in total. The van der Waals surface area contributed by atoms with Gasteiger partial charge in [0.15, 0.2) is 22.1 Å². The molecule has 2 saturated heterocycles. The van der Waals surface area contributed by atoms with Crippen molar-refractivity contribution in [2.75, 3.05) is 20.7 Å². The molecule has 2 aliphatic rings. The quantitative estimate of drug-likeness (QED) is 0.113. The number of hydrogen-bond acceptors (Lipinski definition) is 8. The fourth-order valence-corrected chi connectivity index (χ4v) is 18.6. The SMILES string of the molecule is CC(C)[Si]1(C(C)C)OC[C@H]2O[C@@H](n3c(Br)nc4c(=O)[nH]c(/N=C/N(C)C)nc43)[C@@H](C#C[Si](C)(C)C)[C@@H]2O[Si](C(C)C)(C(C)C)O1. The van der Waals surface area contributed by atoms with Crippen molar-refractivity contribution in [1.82, 2.24) is 24.4 Å². The van der Waals surface area contributed by atoms with Crippen LogP contribution in [-0.2, 0) is 17.7 Å². The molecule has 0 unspecified atom stereocenters. The first-order valence-corrected chi connectivity index (χ1v) is 24.1. The van der Waals surface area contributed by atoms with Crippen molar-refractivity contribution in [3.8, 4) is 11.5 Å². The highest BCUT2D eigenvalue weighted by Crippen LogP contribution is 2.50. The summed E-state index contributed by atoms with van der Waals surface area (Å²) in [5, 5.41) is 0. The van der Waals surface area contributed by atoms with Gasteiger partial charge in [-0.3, -0.25) is 14.3 Å². The fourth-order valence-electron chi connectivity index (χ4n) is 6.23. The predicted octanol–water partition coefficient (Wildman–Crippen LogP) is 6.45. The molecule has 4 heterocycles. The van der Waals surface area contributed by atoms with Gasteiger partial charge in [-0.15, -0.1) is 5.54 Å². The lowest BCUT2D eigenvalue weighted by Gasteiger charge is -2.51. The largest absolute Gasteiger partial charge is 0.414 e. The lowest BCUT2D eigenvalue weighted by Crippen LogP contribution is -2.65. The van der Waals surface area contributed by atoms with E-state index in [0.717, 1.165) is 0 Å². The van der Waals surface area contributed by atoms with E-state index in [1.54, 1.807) is 11.2 Å². The molecule has 0 bridgehead atoms. The molecule has 0 amide bonds. The summed E-state index contributed by atoms with van der Waals surface area (Å²) >= 11 is 3.63. The Morgan fingerprint density at radius 1 is 1.04 bits per heavy atom. The molecule has 2 aromatic rings. The number of imidazole rings is 1. The van der Waals surface area contributed by atoms with E-state index in [4.69, 9.17) is 22.7 Å². The maximum absolute atomic E-state index is 13.1. The van der Waals surface area contributed by atoms with E-state index in [1.807, 2.05) is 18.7 Å². The normalized spacial score (nSPS) is 25.2. The van der Waals surface area contributed by atoms with Gasteiger partial charge in [0.25, 0.3) is 5.56 Å². The van der Waals surface area contributed by atoms with Gasteiger partial charge in [0.2, 0.25) is 5.95 Å². The third kappa shape index (κ3) is 7.13. The minimum absolute atomic E-state index is 0.159. The number of aromatic amines is 1. The molecule has 4 rings (SSSR count).